The zero-order chi connectivity index (χ0) is 26.2. The Hall–Kier alpha value is -4.15. The smallest absolute Gasteiger partial charge is 0.329 e. The number of benzene rings is 2. The van der Waals surface area contributed by atoms with Crippen molar-refractivity contribution in [3.05, 3.63) is 81.2 Å². The average molecular weight is 530 g/mol. The predicted molar refractivity (Wildman–Crippen MR) is 136 cm³/mol. The van der Waals surface area contributed by atoms with E-state index in [9.17, 15) is 19.2 Å². The lowest BCUT2D eigenvalue weighted by molar-refractivity contribution is -0.136. The fourth-order valence-corrected chi connectivity index (χ4v) is 3.36. The summed E-state index contributed by atoms with van der Waals surface area (Å²) in [6.45, 7) is 3.75. The van der Waals surface area contributed by atoms with Crippen LogP contribution in [0, 0.1) is 13.8 Å². The van der Waals surface area contributed by atoms with Crippen LogP contribution in [0.4, 0.5) is 11.4 Å². The lowest BCUT2D eigenvalue weighted by atomic mass is 10.1. The van der Waals surface area contributed by atoms with Crippen LogP contribution in [0.2, 0.25) is 10.0 Å². The standard InChI is InChI=1S/C24H21Cl2N5O5/c1-13-3-4-17(7-14(13)2)29-23(34)24(35)31-28-12-20-6-5-19(36-20)11-27-21(32)22(33)30-18-9-15(25)8-16(26)10-18/h3-10,12H,11H2,1-2H3,(H,27,32)(H,29,34)(H,30,33)(H,31,35)/b28-12+. The first-order chi connectivity index (χ1) is 17.1. The zero-order valence-corrected chi connectivity index (χ0v) is 20.7. The fraction of sp³-hybridized carbons (Fsp3) is 0.125. The van der Waals surface area contributed by atoms with E-state index in [1.54, 1.807) is 18.2 Å². The fourth-order valence-electron chi connectivity index (χ4n) is 2.83. The number of nitrogens with zero attached hydrogens (tertiary/aromatic N) is 1. The van der Waals surface area contributed by atoms with E-state index in [1.165, 1.54) is 30.5 Å². The molecule has 0 spiro atoms. The molecule has 3 aromatic rings. The van der Waals surface area contributed by atoms with E-state index in [1.807, 2.05) is 19.9 Å². The minimum atomic E-state index is -0.962. The number of aryl methyl sites for hydroxylation is 2. The van der Waals surface area contributed by atoms with Crippen molar-refractivity contribution in [2.45, 2.75) is 20.4 Å². The molecule has 1 aromatic heterocycles. The molecule has 0 aliphatic heterocycles. The summed E-state index contributed by atoms with van der Waals surface area (Å²) >= 11 is 11.7. The van der Waals surface area contributed by atoms with Crippen LogP contribution in [0.15, 0.2) is 58.0 Å². The SMILES string of the molecule is Cc1ccc(NC(=O)C(=O)N/N=C/c2ccc(CNC(=O)C(=O)Nc3cc(Cl)cc(Cl)c3)o2)cc1C. The third-order valence-corrected chi connectivity index (χ3v) is 5.20. The molecule has 0 atom stereocenters. The number of hydrazone groups is 1. The number of halogens is 2. The van der Waals surface area contributed by atoms with Crippen LogP contribution in [0.3, 0.4) is 0 Å². The lowest BCUT2D eigenvalue weighted by Crippen LogP contribution is -2.34. The summed E-state index contributed by atoms with van der Waals surface area (Å²) in [5.74, 6) is -3.09. The molecule has 0 saturated carbocycles. The first kappa shape index (κ1) is 26.5. The Balaban J connectivity index is 1.45. The molecule has 0 fully saturated rings. The van der Waals surface area contributed by atoms with E-state index < -0.39 is 23.6 Å². The number of furan rings is 1. The predicted octanol–water partition coefficient (Wildman–Crippen LogP) is 3.55. The molecule has 1 heterocycles. The van der Waals surface area contributed by atoms with Crippen molar-refractivity contribution in [2.75, 3.05) is 10.6 Å². The molecular weight excluding hydrogens is 509 g/mol. The van der Waals surface area contributed by atoms with Crippen LogP contribution >= 0.6 is 23.2 Å². The summed E-state index contributed by atoms with van der Waals surface area (Å²) in [4.78, 5) is 48.0. The number of carbonyl (C=O) groups is 4. The molecule has 0 saturated heterocycles. The van der Waals surface area contributed by atoms with E-state index in [4.69, 9.17) is 27.6 Å². The van der Waals surface area contributed by atoms with Crippen molar-refractivity contribution in [3.8, 4) is 0 Å². The molecule has 0 radical (unpaired) electrons. The van der Waals surface area contributed by atoms with Gasteiger partial charge in [0.2, 0.25) is 0 Å². The second-order valence-corrected chi connectivity index (χ2v) is 8.42. The first-order valence-electron chi connectivity index (χ1n) is 10.5. The van der Waals surface area contributed by atoms with Gasteiger partial charge in [-0.15, -0.1) is 0 Å². The van der Waals surface area contributed by atoms with Gasteiger partial charge >= 0.3 is 23.6 Å². The Morgan fingerprint density at radius 1 is 0.806 bits per heavy atom. The summed E-state index contributed by atoms with van der Waals surface area (Å²) in [6, 6.07) is 12.7. The monoisotopic (exact) mass is 529 g/mol. The highest BCUT2D eigenvalue weighted by atomic mass is 35.5. The summed E-state index contributed by atoms with van der Waals surface area (Å²) in [6.07, 6.45) is 1.18. The molecule has 0 bridgehead atoms. The maximum Gasteiger partial charge on any atom is 0.329 e. The summed E-state index contributed by atoms with van der Waals surface area (Å²) in [7, 11) is 0. The Bertz CT molecular complexity index is 1330. The Labute approximate surface area is 216 Å². The van der Waals surface area contributed by atoms with Crippen LogP contribution in [-0.2, 0) is 25.7 Å². The molecule has 12 heteroatoms. The van der Waals surface area contributed by atoms with Gasteiger partial charge in [-0.05, 0) is 67.4 Å². The molecule has 0 aliphatic carbocycles. The minimum Gasteiger partial charge on any atom is -0.458 e. The number of rotatable bonds is 6. The Morgan fingerprint density at radius 3 is 2.17 bits per heavy atom. The van der Waals surface area contributed by atoms with E-state index in [0.29, 0.717) is 21.5 Å². The second-order valence-electron chi connectivity index (χ2n) is 7.55. The van der Waals surface area contributed by atoms with Gasteiger partial charge in [0.15, 0.2) is 0 Å². The largest absolute Gasteiger partial charge is 0.458 e. The lowest BCUT2D eigenvalue weighted by Gasteiger charge is -2.06. The van der Waals surface area contributed by atoms with Crippen molar-refractivity contribution in [3.63, 3.8) is 0 Å². The van der Waals surface area contributed by atoms with Crippen molar-refractivity contribution >= 4 is 64.4 Å². The highest BCUT2D eigenvalue weighted by molar-refractivity contribution is 6.40. The zero-order valence-electron chi connectivity index (χ0n) is 19.1. The van der Waals surface area contributed by atoms with Gasteiger partial charge in [0.1, 0.15) is 11.5 Å². The molecule has 0 aliphatic rings. The number of hydrogen-bond acceptors (Lipinski definition) is 6. The minimum absolute atomic E-state index is 0.0822. The molecule has 3 rings (SSSR count). The van der Waals surface area contributed by atoms with E-state index in [0.717, 1.165) is 11.1 Å². The van der Waals surface area contributed by atoms with Crippen molar-refractivity contribution in [1.82, 2.24) is 10.7 Å². The van der Waals surface area contributed by atoms with Gasteiger partial charge < -0.3 is 20.4 Å². The molecule has 10 nitrogen and oxygen atoms in total. The molecule has 4 amide bonds. The van der Waals surface area contributed by atoms with Crippen molar-refractivity contribution < 1.29 is 23.6 Å². The number of amides is 4. The van der Waals surface area contributed by atoms with Gasteiger partial charge in [0.25, 0.3) is 0 Å². The molecule has 0 unspecified atom stereocenters. The van der Waals surface area contributed by atoms with E-state index >= 15 is 0 Å². The van der Waals surface area contributed by atoms with Crippen LogP contribution in [-0.4, -0.2) is 29.8 Å². The second kappa shape index (κ2) is 12.0. The number of hydrogen-bond donors (Lipinski definition) is 4. The maximum atomic E-state index is 12.0. The molecule has 2 aromatic carbocycles. The maximum absolute atomic E-state index is 12.0. The van der Waals surface area contributed by atoms with Gasteiger partial charge in [-0.3, -0.25) is 19.2 Å². The quantitative estimate of drug-likeness (QED) is 0.219. The van der Waals surface area contributed by atoms with Crippen LogP contribution in [0.25, 0.3) is 0 Å². The average Bonchev–Trinajstić information content (AvgIpc) is 3.26. The van der Waals surface area contributed by atoms with Crippen LogP contribution < -0.4 is 21.4 Å². The van der Waals surface area contributed by atoms with Crippen molar-refractivity contribution in [2.24, 2.45) is 5.10 Å². The third-order valence-electron chi connectivity index (χ3n) is 4.76. The van der Waals surface area contributed by atoms with Crippen LogP contribution in [0.1, 0.15) is 22.6 Å². The van der Waals surface area contributed by atoms with Gasteiger partial charge in [0.05, 0.1) is 12.8 Å². The highest BCUT2D eigenvalue weighted by Gasteiger charge is 2.15. The molecular formula is C24H21Cl2N5O5. The number of anilines is 2. The van der Waals surface area contributed by atoms with Gasteiger partial charge in [-0.25, -0.2) is 5.43 Å². The Morgan fingerprint density at radius 2 is 1.47 bits per heavy atom. The topological polar surface area (TPSA) is 142 Å². The van der Waals surface area contributed by atoms with E-state index in [2.05, 4.69) is 26.5 Å². The summed E-state index contributed by atoms with van der Waals surface area (Å²) < 4.78 is 5.44. The van der Waals surface area contributed by atoms with E-state index in [-0.39, 0.29) is 18.0 Å². The van der Waals surface area contributed by atoms with Gasteiger partial charge in [0, 0.05) is 21.4 Å². The number of nitrogens with one attached hydrogen (secondary N) is 4. The normalized spacial score (nSPS) is 10.7. The van der Waals surface area contributed by atoms with Crippen LogP contribution in [0.5, 0.6) is 0 Å². The molecule has 186 valence electrons. The third kappa shape index (κ3) is 7.69. The van der Waals surface area contributed by atoms with Crippen molar-refractivity contribution in [1.29, 1.82) is 0 Å². The summed E-state index contributed by atoms with van der Waals surface area (Å²) in [5, 5.41) is 11.6. The molecule has 4 N–H and O–H groups in total. The van der Waals surface area contributed by atoms with Gasteiger partial charge in [-0.1, -0.05) is 29.3 Å². The summed E-state index contributed by atoms with van der Waals surface area (Å²) in [5.41, 5.74) is 4.90. The Kier molecular flexibility index (Phi) is 8.82. The van der Waals surface area contributed by atoms with Gasteiger partial charge in [-0.2, -0.15) is 5.10 Å². The highest BCUT2D eigenvalue weighted by Crippen LogP contribution is 2.22. The molecule has 36 heavy (non-hydrogen) atoms. The number of carbonyl (C=O) groups excluding carboxylic acids is 4. The first-order valence-corrected chi connectivity index (χ1v) is 11.2.